The van der Waals surface area contributed by atoms with E-state index in [9.17, 15) is 0 Å². The van der Waals surface area contributed by atoms with Gasteiger partial charge >= 0.3 is 0 Å². The Morgan fingerprint density at radius 3 is 2.62 bits per heavy atom. The van der Waals surface area contributed by atoms with Crippen LogP contribution in [0.2, 0.25) is 0 Å². The van der Waals surface area contributed by atoms with E-state index in [1.54, 1.807) is 0 Å². The van der Waals surface area contributed by atoms with E-state index < -0.39 is 0 Å². The third-order valence-corrected chi connectivity index (χ3v) is 2.68. The molecule has 0 spiro atoms. The van der Waals surface area contributed by atoms with Crippen LogP contribution in [0, 0.1) is 11.3 Å². The summed E-state index contributed by atoms with van der Waals surface area (Å²) in [6.45, 7) is 5.65. The van der Waals surface area contributed by atoms with Gasteiger partial charge in [-0.25, -0.2) is 0 Å². The van der Waals surface area contributed by atoms with Crippen LogP contribution in [0.5, 0.6) is 0 Å². The van der Waals surface area contributed by atoms with E-state index in [0.717, 1.165) is 18.4 Å². The predicted molar refractivity (Wildman–Crippen MR) is 68.0 cm³/mol. The molecule has 1 aromatic carbocycles. The summed E-state index contributed by atoms with van der Waals surface area (Å²) in [5, 5.41) is 9.11. The van der Waals surface area contributed by atoms with Gasteiger partial charge in [0.2, 0.25) is 0 Å². The highest BCUT2D eigenvalue weighted by atomic mass is 14.3. The SMILES string of the molecule is C=CCCC(/C(C#N)=C\C)c1ccccc1. The number of rotatable bonds is 5. The molecule has 1 aromatic rings. The van der Waals surface area contributed by atoms with Crippen LogP contribution in [0.4, 0.5) is 0 Å². The van der Waals surface area contributed by atoms with Crippen molar-refractivity contribution < 1.29 is 0 Å². The fourth-order valence-electron chi connectivity index (χ4n) is 1.82. The first-order valence-electron chi connectivity index (χ1n) is 5.55. The Labute approximate surface area is 97.7 Å². The Balaban J connectivity index is 2.97. The molecule has 0 fully saturated rings. The maximum absolute atomic E-state index is 9.11. The summed E-state index contributed by atoms with van der Waals surface area (Å²) >= 11 is 0. The van der Waals surface area contributed by atoms with Gasteiger partial charge in [0.05, 0.1) is 6.07 Å². The van der Waals surface area contributed by atoms with E-state index in [1.807, 2.05) is 37.3 Å². The average Bonchev–Trinajstić information content (AvgIpc) is 2.35. The maximum Gasteiger partial charge on any atom is 0.0950 e. The predicted octanol–water partition coefficient (Wildman–Crippen LogP) is 4.21. The van der Waals surface area contributed by atoms with Gasteiger partial charge in [0.1, 0.15) is 0 Å². The molecule has 0 heterocycles. The lowest BCUT2D eigenvalue weighted by atomic mass is 9.87. The van der Waals surface area contributed by atoms with Gasteiger partial charge in [-0.1, -0.05) is 42.5 Å². The van der Waals surface area contributed by atoms with Crippen LogP contribution >= 0.6 is 0 Å². The third kappa shape index (κ3) is 3.10. The molecule has 1 atom stereocenters. The van der Waals surface area contributed by atoms with Crippen molar-refractivity contribution in [3.8, 4) is 6.07 Å². The van der Waals surface area contributed by atoms with E-state index in [-0.39, 0.29) is 5.92 Å². The zero-order valence-electron chi connectivity index (χ0n) is 9.69. The number of allylic oxidation sites excluding steroid dienone is 3. The smallest absolute Gasteiger partial charge is 0.0950 e. The molecule has 1 rings (SSSR count). The molecular weight excluding hydrogens is 194 g/mol. The van der Waals surface area contributed by atoms with E-state index in [1.165, 1.54) is 5.56 Å². The van der Waals surface area contributed by atoms with Crippen molar-refractivity contribution in [2.75, 3.05) is 0 Å². The highest BCUT2D eigenvalue weighted by molar-refractivity contribution is 5.36. The number of benzene rings is 1. The van der Waals surface area contributed by atoms with Crippen molar-refractivity contribution in [3.63, 3.8) is 0 Å². The van der Waals surface area contributed by atoms with Gasteiger partial charge < -0.3 is 0 Å². The molecule has 0 bridgehead atoms. The lowest BCUT2D eigenvalue weighted by Crippen LogP contribution is -2.01. The first-order valence-corrected chi connectivity index (χ1v) is 5.55. The Hall–Kier alpha value is -1.81. The van der Waals surface area contributed by atoms with E-state index in [4.69, 9.17) is 5.26 Å². The molecule has 0 aliphatic rings. The summed E-state index contributed by atoms with van der Waals surface area (Å²) in [5.41, 5.74) is 2.05. The summed E-state index contributed by atoms with van der Waals surface area (Å²) in [6, 6.07) is 12.5. The minimum atomic E-state index is 0.203. The zero-order chi connectivity index (χ0) is 11.8. The van der Waals surface area contributed by atoms with Crippen molar-refractivity contribution in [2.24, 2.45) is 0 Å². The number of hydrogen-bond donors (Lipinski definition) is 0. The van der Waals surface area contributed by atoms with Gasteiger partial charge in [-0.15, -0.1) is 6.58 Å². The highest BCUT2D eigenvalue weighted by Crippen LogP contribution is 2.28. The van der Waals surface area contributed by atoms with Crippen molar-refractivity contribution in [1.29, 1.82) is 5.26 Å². The molecule has 16 heavy (non-hydrogen) atoms. The quantitative estimate of drug-likeness (QED) is 0.528. The fraction of sp³-hybridized carbons (Fsp3) is 0.267. The standard InChI is InChI=1S/C15H17N/c1-3-5-11-15(13(4-2)12-16)14-9-7-6-8-10-14/h3-4,6-10,15H,1,5,11H2,2H3/b13-4-. The molecule has 0 radical (unpaired) electrons. The molecule has 0 aromatic heterocycles. The lowest BCUT2D eigenvalue weighted by molar-refractivity contribution is 0.729. The highest BCUT2D eigenvalue weighted by Gasteiger charge is 2.14. The summed E-state index contributed by atoms with van der Waals surface area (Å²) in [4.78, 5) is 0. The molecule has 0 saturated heterocycles. The van der Waals surface area contributed by atoms with Crippen LogP contribution in [0.3, 0.4) is 0 Å². The van der Waals surface area contributed by atoms with E-state index in [2.05, 4.69) is 24.8 Å². The second kappa shape index (κ2) is 6.63. The normalized spacial score (nSPS) is 12.9. The van der Waals surface area contributed by atoms with Crippen molar-refractivity contribution in [3.05, 3.63) is 60.2 Å². The minimum Gasteiger partial charge on any atom is -0.193 e. The second-order valence-electron chi connectivity index (χ2n) is 3.69. The Kier molecular flexibility index (Phi) is 5.08. The molecule has 1 nitrogen and oxygen atoms in total. The topological polar surface area (TPSA) is 23.8 Å². The third-order valence-electron chi connectivity index (χ3n) is 2.68. The molecule has 0 N–H and O–H groups in total. The lowest BCUT2D eigenvalue weighted by Gasteiger charge is -2.15. The second-order valence-corrected chi connectivity index (χ2v) is 3.69. The Morgan fingerprint density at radius 2 is 2.12 bits per heavy atom. The number of nitriles is 1. The van der Waals surface area contributed by atoms with Crippen LogP contribution < -0.4 is 0 Å². The van der Waals surface area contributed by atoms with Crippen molar-refractivity contribution >= 4 is 0 Å². The molecule has 0 amide bonds. The largest absolute Gasteiger partial charge is 0.193 e. The van der Waals surface area contributed by atoms with Gasteiger partial charge in [-0.3, -0.25) is 0 Å². The van der Waals surface area contributed by atoms with Crippen molar-refractivity contribution in [1.82, 2.24) is 0 Å². The van der Waals surface area contributed by atoms with E-state index >= 15 is 0 Å². The van der Waals surface area contributed by atoms with Gasteiger partial charge in [0, 0.05) is 11.5 Å². The Morgan fingerprint density at radius 1 is 1.44 bits per heavy atom. The molecule has 1 heteroatoms. The maximum atomic E-state index is 9.11. The van der Waals surface area contributed by atoms with E-state index in [0.29, 0.717) is 0 Å². The summed E-state index contributed by atoms with van der Waals surface area (Å²) in [7, 11) is 0. The first-order chi connectivity index (χ1) is 7.83. The van der Waals surface area contributed by atoms with Gasteiger partial charge in [-0.2, -0.15) is 5.26 Å². The fourth-order valence-corrected chi connectivity index (χ4v) is 1.82. The summed E-state index contributed by atoms with van der Waals surface area (Å²) < 4.78 is 0. The van der Waals surface area contributed by atoms with Crippen LogP contribution in [0.1, 0.15) is 31.2 Å². The molecule has 0 saturated carbocycles. The first kappa shape index (κ1) is 12.3. The van der Waals surface area contributed by atoms with Crippen LogP contribution in [0.25, 0.3) is 0 Å². The van der Waals surface area contributed by atoms with Crippen LogP contribution in [0.15, 0.2) is 54.6 Å². The zero-order valence-corrected chi connectivity index (χ0v) is 9.69. The number of hydrogen-bond acceptors (Lipinski definition) is 1. The molecule has 0 aliphatic heterocycles. The molecule has 82 valence electrons. The van der Waals surface area contributed by atoms with Crippen LogP contribution in [-0.2, 0) is 0 Å². The summed E-state index contributed by atoms with van der Waals surface area (Å²) in [6.07, 6.45) is 5.68. The minimum absolute atomic E-state index is 0.203. The van der Waals surface area contributed by atoms with Crippen molar-refractivity contribution in [2.45, 2.75) is 25.7 Å². The van der Waals surface area contributed by atoms with Gasteiger partial charge in [0.25, 0.3) is 0 Å². The van der Waals surface area contributed by atoms with Gasteiger partial charge in [-0.05, 0) is 25.3 Å². The Bertz CT molecular complexity index is 395. The van der Waals surface area contributed by atoms with Crippen LogP contribution in [-0.4, -0.2) is 0 Å². The number of nitrogens with zero attached hydrogens (tertiary/aromatic N) is 1. The van der Waals surface area contributed by atoms with Gasteiger partial charge in [0.15, 0.2) is 0 Å². The monoisotopic (exact) mass is 211 g/mol. The summed E-state index contributed by atoms with van der Waals surface area (Å²) in [5.74, 6) is 0.203. The molecule has 0 aliphatic carbocycles. The molecule has 1 unspecified atom stereocenters. The molecular formula is C15H17N. The average molecular weight is 211 g/mol.